The number of carbonyl (C=O) groups is 1. The molecule has 0 spiro atoms. The van der Waals surface area contributed by atoms with E-state index in [0.717, 1.165) is 31.6 Å². The van der Waals surface area contributed by atoms with Crippen LogP contribution in [0.3, 0.4) is 0 Å². The molecule has 2 aliphatic carbocycles. The number of aliphatic imine (C=N–C) groups is 1. The maximum atomic E-state index is 11.6. The summed E-state index contributed by atoms with van der Waals surface area (Å²) in [5, 5.41) is 20.8. The smallest absolute Gasteiger partial charge is 0.271 e. The highest BCUT2D eigenvalue weighted by Gasteiger charge is 2.24. The van der Waals surface area contributed by atoms with Gasteiger partial charge in [0.05, 0.1) is 15.5 Å². The second-order valence-corrected chi connectivity index (χ2v) is 8.93. The number of nitro groups is 2. The molecule has 0 aromatic heterocycles. The van der Waals surface area contributed by atoms with E-state index in [4.69, 9.17) is 10.5 Å². The zero-order valence-electron chi connectivity index (χ0n) is 20.6. The number of benzene rings is 2. The van der Waals surface area contributed by atoms with Crippen molar-refractivity contribution in [1.82, 2.24) is 0 Å². The molecule has 2 N–H and O–H groups in total. The minimum Gasteiger partial charge on any atom is -0.381 e. The van der Waals surface area contributed by atoms with Crippen LogP contribution in [0.15, 0.2) is 53.5 Å². The largest absolute Gasteiger partial charge is 0.381 e. The predicted octanol–water partition coefficient (Wildman–Crippen LogP) is 4.97. The van der Waals surface area contributed by atoms with Gasteiger partial charge in [-0.05, 0) is 56.1 Å². The number of hydrogen-bond donors (Lipinski definition) is 1. The minimum atomic E-state index is -0.552. The Bertz CT molecular complexity index is 1060. The summed E-state index contributed by atoms with van der Waals surface area (Å²) in [6, 6.07) is 12.3. The van der Waals surface area contributed by atoms with Gasteiger partial charge >= 0.3 is 0 Å². The lowest BCUT2D eigenvalue weighted by atomic mass is 10.0. The predicted molar refractivity (Wildman–Crippen MR) is 137 cm³/mol. The van der Waals surface area contributed by atoms with Crippen molar-refractivity contribution in [2.75, 3.05) is 13.2 Å². The Labute approximate surface area is 215 Å². The van der Waals surface area contributed by atoms with Gasteiger partial charge in [-0.25, -0.2) is 4.79 Å². The minimum absolute atomic E-state index is 0.0525. The van der Waals surface area contributed by atoms with Gasteiger partial charge in [-0.3, -0.25) is 25.0 Å². The molecule has 0 unspecified atom stereocenters. The maximum Gasteiger partial charge on any atom is 0.271 e. The number of ether oxygens (including phenoxy) is 1. The SMILES string of the molecule is C1CCOC1.NC1CC1.O=C(Cc1cccc([N+](=O)[O-])c1)CC1CC1.O=C=Nc1cccc([N+](=O)[O-])c1. The average molecular weight is 513 g/mol. The monoisotopic (exact) mass is 512 g/mol. The van der Waals surface area contributed by atoms with Crippen LogP contribution in [0.2, 0.25) is 0 Å². The lowest BCUT2D eigenvalue weighted by molar-refractivity contribution is -0.385. The number of rotatable bonds is 7. The molecule has 2 aromatic carbocycles. The van der Waals surface area contributed by atoms with Crippen LogP contribution in [0.4, 0.5) is 17.1 Å². The fourth-order valence-electron chi connectivity index (χ4n) is 3.06. The Kier molecular flexibility index (Phi) is 12.8. The molecule has 2 aromatic rings. The first-order valence-corrected chi connectivity index (χ1v) is 12.2. The van der Waals surface area contributed by atoms with Crippen LogP contribution in [0, 0.1) is 26.1 Å². The summed E-state index contributed by atoms with van der Waals surface area (Å²) < 4.78 is 4.94. The number of nitrogens with zero attached hydrogens (tertiary/aromatic N) is 3. The highest BCUT2D eigenvalue weighted by atomic mass is 16.6. The van der Waals surface area contributed by atoms with Gasteiger partial charge in [-0.15, -0.1) is 0 Å². The Morgan fingerprint density at radius 2 is 1.54 bits per heavy atom. The Hall–Kier alpha value is -3.79. The summed E-state index contributed by atoms with van der Waals surface area (Å²) in [5.41, 5.74) is 6.15. The van der Waals surface area contributed by atoms with E-state index < -0.39 is 9.85 Å². The Balaban J connectivity index is 0.000000198. The second-order valence-electron chi connectivity index (χ2n) is 8.93. The van der Waals surface area contributed by atoms with Gasteiger partial charge in [0.2, 0.25) is 6.08 Å². The van der Waals surface area contributed by atoms with Gasteiger partial charge in [-0.2, -0.15) is 4.99 Å². The second kappa shape index (κ2) is 16.1. The topological polar surface area (TPSA) is 168 Å². The molecular weight excluding hydrogens is 480 g/mol. The molecule has 0 amide bonds. The molecule has 3 fully saturated rings. The molecule has 0 bridgehead atoms. The number of nitrogens with two attached hydrogens (primary N) is 1. The molecule has 1 heterocycles. The van der Waals surface area contributed by atoms with E-state index >= 15 is 0 Å². The molecule has 37 heavy (non-hydrogen) atoms. The Morgan fingerprint density at radius 3 is 2.00 bits per heavy atom. The fourth-order valence-corrected chi connectivity index (χ4v) is 3.06. The number of carbonyl (C=O) groups excluding carboxylic acids is 2. The first kappa shape index (κ1) is 29.4. The van der Waals surface area contributed by atoms with Crippen molar-refractivity contribution in [3.05, 3.63) is 74.3 Å². The maximum absolute atomic E-state index is 11.6. The summed E-state index contributed by atoms with van der Waals surface area (Å²) in [6.07, 6.45) is 9.64. The lowest BCUT2D eigenvalue weighted by Crippen LogP contribution is -2.03. The van der Waals surface area contributed by atoms with Crippen LogP contribution < -0.4 is 5.73 Å². The van der Waals surface area contributed by atoms with Gasteiger partial charge in [-0.1, -0.05) is 18.2 Å². The molecule has 3 aliphatic rings. The number of non-ortho nitro benzene ring substituents is 2. The van der Waals surface area contributed by atoms with Crippen LogP contribution in [0.25, 0.3) is 0 Å². The van der Waals surface area contributed by atoms with E-state index in [0.29, 0.717) is 24.8 Å². The van der Waals surface area contributed by atoms with Crippen molar-refractivity contribution in [2.24, 2.45) is 16.6 Å². The normalized spacial score (nSPS) is 15.3. The fraction of sp³-hybridized carbons (Fsp3) is 0.462. The molecule has 1 saturated heterocycles. The van der Waals surface area contributed by atoms with Gasteiger partial charge in [0, 0.05) is 56.4 Å². The summed E-state index contributed by atoms with van der Waals surface area (Å²) in [4.78, 5) is 44.4. The zero-order valence-corrected chi connectivity index (χ0v) is 20.6. The van der Waals surface area contributed by atoms with E-state index in [9.17, 15) is 29.8 Å². The first-order chi connectivity index (χ1) is 17.8. The van der Waals surface area contributed by atoms with E-state index in [1.165, 1.54) is 68.2 Å². The van der Waals surface area contributed by atoms with Crippen LogP contribution in [0.1, 0.15) is 50.5 Å². The van der Waals surface area contributed by atoms with Crippen molar-refractivity contribution < 1.29 is 24.2 Å². The van der Waals surface area contributed by atoms with E-state index in [-0.39, 0.29) is 22.8 Å². The van der Waals surface area contributed by atoms with Gasteiger partial charge in [0.15, 0.2) is 0 Å². The van der Waals surface area contributed by atoms with Gasteiger partial charge < -0.3 is 10.5 Å². The molecule has 1 aliphatic heterocycles. The molecule has 5 rings (SSSR count). The number of hydrogen-bond acceptors (Lipinski definition) is 9. The first-order valence-electron chi connectivity index (χ1n) is 12.2. The number of isocyanates is 1. The summed E-state index contributed by atoms with van der Waals surface area (Å²) in [6.45, 7) is 2.00. The quantitative estimate of drug-likeness (QED) is 0.235. The van der Waals surface area contributed by atoms with E-state index in [1.807, 2.05) is 0 Å². The van der Waals surface area contributed by atoms with Crippen LogP contribution in [-0.4, -0.2) is 41.0 Å². The van der Waals surface area contributed by atoms with E-state index in [1.54, 1.807) is 12.1 Å². The molecule has 2 saturated carbocycles. The lowest BCUT2D eigenvalue weighted by Gasteiger charge is -2.00. The number of Topliss-reactive ketones (excluding diaryl/α,β-unsaturated/α-hetero) is 1. The van der Waals surface area contributed by atoms with Crippen molar-refractivity contribution in [1.29, 1.82) is 0 Å². The van der Waals surface area contributed by atoms with Crippen molar-refractivity contribution >= 4 is 28.9 Å². The molecule has 11 heteroatoms. The third-order valence-electron chi connectivity index (χ3n) is 5.40. The van der Waals surface area contributed by atoms with Crippen LogP contribution in [0.5, 0.6) is 0 Å². The summed E-state index contributed by atoms with van der Waals surface area (Å²) in [7, 11) is 0. The average Bonchev–Trinajstić information content (AvgIpc) is 3.79. The zero-order chi connectivity index (χ0) is 27.0. The van der Waals surface area contributed by atoms with Crippen molar-refractivity contribution in [3.8, 4) is 0 Å². The number of nitro benzene ring substituents is 2. The van der Waals surface area contributed by atoms with Crippen molar-refractivity contribution in [2.45, 2.75) is 57.4 Å². The van der Waals surface area contributed by atoms with Crippen LogP contribution in [-0.2, 0) is 20.7 Å². The summed E-state index contributed by atoms with van der Waals surface area (Å²) in [5.74, 6) is 0.759. The molecule has 0 radical (unpaired) electrons. The standard InChI is InChI=1S/C12H13NO3.C7H4N2O3.C4H8O.C3H7N/c14-12(7-9-4-5-9)8-10-2-1-3-11(6-10)13(15)16;10-5-8-6-2-1-3-7(4-6)9(11)12;1-2-4-5-3-1;4-3-1-2-3/h1-3,6,9H,4-5,7-8H2;1-4H;1-4H2;3H,1-2,4H2. The highest BCUT2D eigenvalue weighted by molar-refractivity contribution is 5.81. The Morgan fingerprint density at radius 1 is 0.973 bits per heavy atom. The number of ketones is 1. The van der Waals surface area contributed by atoms with E-state index in [2.05, 4.69) is 4.99 Å². The highest BCUT2D eigenvalue weighted by Crippen LogP contribution is 2.33. The molecular formula is C26H32N4O7. The van der Waals surface area contributed by atoms with Gasteiger partial charge in [0.1, 0.15) is 5.78 Å². The molecule has 198 valence electrons. The third kappa shape index (κ3) is 13.8. The van der Waals surface area contributed by atoms with Gasteiger partial charge in [0.25, 0.3) is 11.4 Å². The summed E-state index contributed by atoms with van der Waals surface area (Å²) >= 11 is 0. The third-order valence-corrected chi connectivity index (χ3v) is 5.40. The van der Waals surface area contributed by atoms with Crippen molar-refractivity contribution in [3.63, 3.8) is 0 Å². The van der Waals surface area contributed by atoms with Crippen LogP contribution >= 0.6 is 0 Å². The molecule has 0 atom stereocenters. The molecule has 11 nitrogen and oxygen atoms in total.